The summed E-state index contributed by atoms with van der Waals surface area (Å²) in [6.45, 7) is 1.61. The third kappa shape index (κ3) is 4.47. The van der Waals surface area contributed by atoms with Crippen LogP contribution in [0.3, 0.4) is 0 Å². The number of nitrogens with two attached hydrogens (primary N) is 1. The molecule has 0 spiro atoms. The second kappa shape index (κ2) is 8.53. The van der Waals surface area contributed by atoms with Gasteiger partial charge in [0.25, 0.3) is 0 Å². The summed E-state index contributed by atoms with van der Waals surface area (Å²) in [6, 6.07) is 12.1. The normalized spacial score (nSPS) is 11.0. The highest BCUT2D eigenvalue weighted by atomic mass is 35.5. The van der Waals surface area contributed by atoms with Gasteiger partial charge in [-0.25, -0.2) is 8.78 Å². The van der Waals surface area contributed by atoms with Crippen LogP contribution in [0.25, 0.3) is 11.5 Å². The van der Waals surface area contributed by atoms with Gasteiger partial charge >= 0.3 is 0 Å². The van der Waals surface area contributed by atoms with Gasteiger partial charge < -0.3 is 14.9 Å². The fourth-order valence-corrected chi connectivity index (χ4v) is 3.42. The number of hydrogen-bond donors (Lipinski definition) is 1. The summed E-state index contributed by atoms with van der Waals surface area (Å²) in [4.78, 5) is 0. The van der Waals surface area contributed by atoms with E-state index in [0.29, 0.717) is 21.8 Å². The number of benzene rings is 3. The molecule has 9 heteroatoms. The van der Waals surface area contributed by atoms with Crippen LogP contribution in [0, 0.1) is 18.6 Å². The molecule has 4 aromatic rings. The Bertz CT molecular complexity index is 1260. The Hall–Kier alpha value is -3.16. The van der Waals surface area contributed by atoms with Crippen LogP contribution in [0.1, 0.15) is 17.0 Å². The van der Waals surface area contributed by atoms with Crippen LogP contribution in [0.5, 0.6) is 11.5 Å². The molecule has 2 N–H and O–H groups in total. The molecule has 1 aromatic heterocycles. The molecule has 158 valence electrons. The SMILES string of the molecule is Cc1c(F)cccc1-c1nnc(Cc2ccc(Cl)c(Oc3cc(N)cc(Cl)c3)c2F)o1. The molecule has 4 rings (SSSR count). The molecule has 31 heavy (non-hydrogen) atoms. The molecule has 0 amide bonds. The van der Waals surface area contributed by atoms with Crippen LogP contribution in [0.2, 0.25) is 10.0 Å². The minimum absolute atomic E-state index is 0.0155. The number of nitrogen functional groups attached to an aromatic ring is 1. The first-order valence-corrected chi connectivity index (χ1v) is 9.86. The van der Waals surface area contributed by atoms with Gasteiger partial charge in [-0.05, 0) is 42.8 Å². The van der Waals surface area contributed by atoms with Crippen molar-refractivity contribution in [3.8, 4) is 23.0 Å². The lowest BCUT2D eigenvalue weighted by molar-refractivity contribution is 0.437. The summed E-state index contributed by atoms with van der Waals surface area (Å²) in [6.07, 6.45) is -0.0155. The monoisotopic (exact) mass is 461 g/mol. The zero-order chi connectivity index (χ0) is 22.1. The maximum absolute atomic E-state index is 15.1. The standard InChI is InChI=1S/C22H15Cl2F2N3O2/c1-11-16(3-2-4-18(11)25)22-29-28-19(31-22)7-12-5-6-17(24)21(20(12)26)30-15-9-13(23)8-14(27)10-15/h2-6,8-10H,7,27H2,1H3. The summed E-state index contributed by atoms with van der Waals surface area (Å²) >= 11 is 12.1. The molecule has 0 aliphatic carbocycles. The van der Waals surface area contributed by atoms with Crippen LogP contribution >= 0.6 is 23.2 Å². The lowest BCUT2D eigenvalue weighted by Gasteiger charge is -2.12. The Morgan fingerprint density at radius 3 is 2.65 bits per heavy atom. The molecular weight excluding hydrogens is 447 g/mol. The predicted octanol–water partition coefficient (Wildman–Crippen LogP) is 6.60. The topological polar surface area (TPSA) is 74.2 Å². The van der Waals surface area contributed by atoms with Crippen molar-refractivity contribution in [1.29, 1.82) is 0 Å². The van der Waals surface area contributed by atoms with Gasteiger partial charge in [0.05, 0.1) is 11.4 Å². The minimum Gasteiger partial charge on any atom is -0.453 e. The van der Waals surface area contributed by atoms with Crippen LogP contribution in [0.15, 0.2) is 52.9 Å². The maximum atomic E-state index is 15.1. The number of nitrogens with zero attached hydrogens (tertiary/aromatic N) is 2. The Balaban J connectivity index is 1.62. The molecular formula is C22H15Cl2F2N3O2. The molecule has 0 saturated carbocycles. The quantitative estimate of drug-likeness (QED) is 0.339. The van der Waals surface area contributed by atoms with E-state index in [1.807, 2.05) is 0 Å². The van der Waals surface area contributed by atoms with Crippen molar-refractivity contribution in [3.05, 3.63) is 87.2 Å². The third-order valence-electron chi connectivity index (χ3n) is 4.55. The lowest BCUT2D eigenvalue weighted by Crippen LogP contribution is -1.98. The molecule has 0 bridgehead atoms. The van der Waals surface area contributed by atoms with Gasteiger partial charge in [0.15, 0.2) is 11.6 Å². The Labute approximate surface area is 186 Å². The molecule has 0 radical (unpaired) electrons. The maximum Gasteiger partial charge on any atom is 0.248 e. The summed E-state index contributed by atoms with van der Waals surface area (Å²) in [7, 11) is 0. The summed E-state index contributed by atoms with van der Waals surface area (Å²) < 4.78 is 40.2. The number of rotatable bonds is 5. The fourth-order valence-electron chi connectivity index (χ4n) is 3.00. The largest absolute Gasteiger partial charge is 0.453 e. The van der Waals surface area contributed by atoms with Crippen molar-refractivity contribution >= 4 is 28.9 Å². The molecule has 0 atom stereocenters. The smallest absolute Gasteiger partial charge is 0.248 e. The minimum atomic E-state index is -0.687. The predicted molar refractivity (Wildman–Crippen MR) is 115 cm³/mol. The van der Waals surface area contributed by atoms with Crippen LogP contribution in [0.4, 0.5) is 14.5 Å². The Kier molecular flexibility index (Phi) is 5.80. The van der Waals surface area contributed by atoms with E-state index in [9.17, 15) is 4.39 Å². The summed E-state index contributed by atoms with van der Waals surface area (Å²) in [5.41, 5.74) is 7.19. The second-order valence-electron chi connectivity index (χ2n) is 6.76. The van der Waals surface area contributed by atoms with Gasteiger partial charge in [-0.2, -0.15) is 0 Å². The van der Waals surface area contributed by atoms with Gasteiger partial charge in [-0.15, -0.1) is 10.2 Å². The first kappa shape index (κ1) is 21.1. The average molecular weight is 462 g/mol. The van der Waals surface area contributed by atoms with E-state index in [4.69, 9.17) is 38.1 Å². The average Bonchev–Trinajstić information content (AvgIpc) is 3.17. The first-order valence-electron chi connectivity index (χ1n) is 9.10. The van der Waals surface area contributed by atoms with Gasteiger partial charge in [0.1, 0.15) is 11.6 Å². The molecule has 5 nitrogen and oxygen atoms in total. The van der Waals surface area contributed by atoms with Gasteiger partial charge in [-0.1, -0.05) is 35.3 Å². The third-order valence-corrected chi connectivity index (χ3v) is 5.07. The second-order valence-corrected chi connectivity index (χ2v) is 7.61. The zero-order valence-corrected chi connectivity index (χ0v) is 17.6. The molecule has 0 aliphatic rings. The van der Waals surface area contributed by atoms with Crippen molar-refractivity contribution < 1.29 is 17.9 Å². The van der Waals surface area contributed by atoms with Crippen LogP contribution < -0.4 is 10.5 Å². The van der Waals surface area contributed by atoms with E-state index < -0.39 is 5.82 Å². The molecule has 3 aromatic carbocycles. The van der Waals surface area contributed by atoms with E-state index in [1.54, 1.807) is 19.1 Å². The highest BCUT2D eigenvalue weighted by Gasteiger charge is 2.19. The highest BCUT2D eigenvalue weighted by molar-refractivity contribution is 6.32. The van der Waals surface area contributed by atoms with Gasteiger partial charge in [0, 0.05) is 27.9 Å². The lowest BCUT2D eigenvalue weighted by atomic mass is 10.1. The van der Waals surface area contributed by atoms with E-state index >= 15 is 4.39 Å². The first-order chi connectivity index (χ1) is 14.8. The van der Waals surface area contributed by atoms with E-state index in [2.05, 4.69) is 10.2 Å². The van der Waals surface area contributed by atoms with E-state index in [1.165, 1.54) is 36.4 Å². The number of anilines is 1. The van der Waals surface area contributed by atoms with Crippen molar-refractivity contribution in [3.63, 3.8) is 0 Å². The summed E-state index contributed by atoms with van der Waals surface area (Å²) in [5, 5.41) is 8.31. The van der Waals surface area contributed by atoms with Crippen molar-refractivity contribution in [2.24, 2.45) is 0 Å². The highest BCUT2D eigenvalue weighted by Crippen LogP contribution is 2.36. The van der Waals surface area contributed by atoms with Crippen molar-refractivity contribution in [2.45, 2.75) is 13.3 Å². The molecule has 0 aliphatic heterocycles. The van der Waals surface area contributed by atoms with Gasteiger partial charge in [0.2, 0.25) is 11.8 Å². The molecule has 0 saturated heterocycles. The van der Waals surface area contributed by atoms with Crippen LogP contribution in [-0.2, 0) is 6.42 Å². The number of hydrogen-bond acceptors (Lipinski definition) is 5. The molecule has 1 heterocycles. The fraction of sp³-hybridized carbons (Fsp3) is 0.0909. The van der Waals surface area contributed by atoms with Crippen LogP contribution in [-0.4, -0.2) is 10.2 Å². The molecule has 0 unspecified atom stereocenters. The van der Waals surface area contributed by atoms with Crippen molar-refractivity contribution in [2.75, 3.05) is 5.73 Å². The van der Waals surface area contributed by atoms with Gasteiger partial charge in [-0.3, -0.25) is 0 Å². The number of ether oxygens (including phenoxy) is 1. The number of halogens is 4. The number of aromatic nitrogens is 2. The van der Waals surface area contributed by atoms with E-state index in [0.717, 1.165) is 0 Å². The Morgan fingerprint density at radius 1 is 1.06 bits per heavy atom. The summed E-state index contributed by atoms with van der Waals surface area (Å²) in [5.74, 6) is -0.714. The molecule has 0 fully saturated rings. The Morgan fingerprint density at radius 2 is 1.87 bits per heavy atom. The zero-order valence-electron chi connectivity index (χ0n) is 16.1. The van der Waals surface area contributed by atoms with Crippen molar-refractivity contribution in [1.82, 2.24) is 10.2 Å². The van der Waals surface area contributed by atoms with E-state index in [-0.39, 0.29) is 46.1 Å².